The molecular formula is C25H18N4O3S2. The van der Waals surface area contributed by atoms with E-state index in [0.717, 1.165) is 19.6 Å². The van der Waals surface area contributed by atoms with Crippen molar-refractivity contribution in [3.05, 3.63) is 95.7 Å². The van der Waals surface area contributed by atoms with Crippen LogP contribution in [0, 0.1) is 0 Å². The molecule has 0 spiro atoms. The topological polar surface area (TPSA) is 94.9 Å². The molecule has 0 fully saturated rings. The highest BCUT2D eigenvalue weighted by Crippen LogP contribution is 2.29. The van der Waals surface area contributed by atoms with Crippen LogP contribution < -0.4 is 5.43 Å². The van der Waals surface area contributed by atoms with Crippen molar-refractivity contribution < 1.29 is 14.7 Å². The number of rotatable bonds is 6. The van der Waals surface area contributed by atoms with Gasteiger partial charge in [0.15, 0.2) is 10.2 Å². The quantitative estimate of drug-likeness (QED) is 0.310. The Morgan fingerprint density at radius 3 is 2.56 bits per heavy atom. The van der Waals surface area contributed by atoms with E-state index < -0.39 is 5.91 Å². The lowest BCUT2D eigenvalue weighted by molar-refractivity contribution is -0.132. The maximum absolute atomic E-state index is 13.2. The average Bonchev–Trinajstić information content (AvgIpc) is 3.41. The lowest BCUT2D eigenvalue weighted by Crippen LogP contribution is -2.48. The number of nitrogens with zero attached hydrogens (tertiary/aromatic N) is 3. The monoisotopic (exact) mass is 486 g/mol. The number of amides is 2. The van der Waals surface area contributed by atoms with E-state index in [2.05, 4.69) is 15.4 Å². The molecular weight excluding hydrogens is 468 g/mol. The summed E-state index contributed by atoms with van der Waals surface area (Å²) < 4.78 is 1.83. The number of nitrogens with one attached hydrogen (secondary N) is 1. The molecule has 0 aliphatic carbocycles. The summed E-state index contributed by atoms with van der Waals surface area (Å²) in [6.07, 6.45) is 1.50. The van der Waals surface area contributed by atoms with E-state index in [4.69, 9.17) is 0 Å². The van der Waals surface area contributed by atoms with Crippen LogP contribution >= 0.6 is 23.1 Å². The number of aliphatic imine (C=N–C) groups is 1. The van der Waals surface area contributed by atoms with E-state index in [9.17, 15) is 14.7 Å². The molecule has 0 atom stereocenters. The van der Waals surface area contributed by atoms with Gasteiger partial charge in [-0.05, 0) is 24.3 Å². The van der Waals surface area contributed by atoms with Gasteiger partial charge in [0, 0.05) is 11.1 Å². The fourth-order valence-electron chi connectivity index (χ4n) is 3.36. The van der Waals surface area contributed by atoms with Crippen molar-refractivity contribution in [1.29, 1.82) is 0 Å². The van der Waals surface area contributed by atoms with Gasteiger partial charge in [0.25, 0.3) is 5.91 Å². The van der Waals surface area contributed by atoms with E-state index in [1.807, 2.05) is 54.6 Å². The normalized spacial score (nSPS) is 14.6. The van der Waals surface area contributed by atoms with Gasteiger partial charge in [0.1, 0.15) is 11.4 Å². The Hall–Kier alpha value is -3.95. The zero-order valence-corrected chi connectivity index (χ0v) is 19.3. The second-order valence-electron chi connectivity index (χ2n) is 7.30. The number of carbonyl (C=O) groups is 2. The second kappa shape index (κ2) is 9.50. The van der Waals surface area contributed by atoms with Crippen molar-refractivity contribution in [1.82, 2.24) is 15.4 Å². The zero-order valence-electron chi connectivity index (χ0n) is 17.7. The van der Waals surface area contributed by atoms with E-state index in [-0.39, 0.29) is 23.1 Å². The first kappa shape index (κ1) is 21.9. The van der Waals surface area contributed by atoms with Gasteiger partial charge in [0.05, 0.1) is 16.0 Å². The number of benzene rings is 3. The molecule has 2 heterocycles. The van der Waals surface area contributed by atoms with Crippen LogP contribution in [0.15, 0.2) is 93.9 Å². The summed E-state index contributed by atoms with van der Waals surface area (Å²) in [5.74, 6) is -0.408. The molecule has 34 heavy (non-hydrogen) atoms. The second-order valence-corrected chi connectivity index (χ2v) is 9.55. The van der Waals surface area contributed by atoms with E-state index in [0.29, 0.717) is 17.0 Å². The van der Waals surface area contributed by atoms with E-state index in [1.54, 1.807) is 18.2 Å². The first-order valence-corrected chi connectivity index (χ1v) is 12.1. The molecule has 0 saturated carbocycles. The number of phenols is 1. The third-order valence-electron chi connectivity index (χ3n) is 4.96. The number of hydrogen-bond acceptors (Lipinski definition) is 7. The zero-order chi connectivity index (χ0) is 23.5. The van der Waals surface area contributed by atoms with Crippen LogP contribution in [0.5, 0.6) is 5.75 Å². The number of thioether (sulfide) groups is 1. The molecule has 0 radical (unpaired) electrons. The van der Waals surface area contributed by atoms with Crippen LogP contribution in [0.25, 0.3) is 16.3 Å². The van der Waals surface area contributed by atoms with Gasteiger partial charge in [-0.3, -0.25) is 15.0 Å². The Morgan fingerprint density at radius 2 is 1.76 bits per heavy atom. The van der Waals surface area contributed by atoms with Crippen LogP contribution in [-0.2, 0) is 9.59 Å². The van der Waals surface area contributed by atoms with Gasteiger partial charge in [-0.2, -0.15) is 5.01 Å². The maximum Gasteiger partial charge on any atom is 0.297 e. The van der Waals surface area contributed by atoms with Crippen LogP contribution in [-0.4, -0.2) is 38.5 Å². The molecule has 5 rings (SSSR count). The fraction of sp³-hybridized carbons (Fsp3) is 0.0400. The predicted molar refractivity (Wildman–Crippen MR) is 134 cm³/mol. The molecule has 168 valence electrons. The number of hydrazine groups is 1. The smallest absolute Gasteiger partial charge is 0.297 e. The standard InChI is InChI=1S/C25H18N4O3S2/c30-20-12-6-4-10-17(20)14-19-24(32)29(23(26-19)16-8-2-1-3-9-16)28-22(31)15-33-25-27-18-11-5-7-13-21(18)34-25/h1-14,30H,15H2,(H,28,31)/b19-14+. The molecule has 2 amide bonds. The van der Waals surface area contributed by atoms with Crippen molar-refractivity contribution >= 4 is 57.0 Å². The number of amidine groups is 1. The third-order valence-corrected chi connectivity index (χ3v) is 7.14. The summed E-state index contributed by atoms with van der Waals surface area (Å²) in [5, 5.41) is 11.2. The van der Waals surface area contributed by atoms with Crippen LogP contribution in [0.1, 0.15) is 11.1 Å². The molecule has 7 nitrogen and oxygen atoms in total. The number of aromatic nitrogens is 1. The van der Waals surface area contributed by atoms with Gasteiger partial charge in [-0.15, -0.1) is 11.3 Å². The van der Waals surface area contributed by atoms with Gasteiger partial charge < -0.3 is 5.11 Å². The Morgan fingerprint density at radius 1 is 1.03 bits per heavy atom. The van der Waals surface area contributed by atoms with Crippen molar-refractivity contribution in [2.75, 3.05) is 5.75 Å². The summed E-state index contributed by atoms with van der Waals surface area (Å²) in [5.41, 5.74) is 4.82. The fourth-order valence-corrected chi connectivity index (χ4v) is 5.22. The van der Waals surface area contributed by atoms with Gasteiger partial charge in [-0.1, -0.05) is 72.4 Å². The number of fused-ring (bicyclic) bond motifs is 1. The van der Waals surface area contributed by atoms with Crippen molar-refractivity contribution in [2.24, 2.45) is 4.99 Å². The van der Waals surface area contributed by atoms with Crippen LogP contribution in [0.4, 0.5) is 0 Å². The number of hydrogen-bond donors (Lipinski definition) is 2. The van der Waals surface area contributed by atoms with Crippen molar-refractivity contribution in [2.45, 2.75) is 4.34 Å². The lowest BCUT2D eigenvalue weighted by atomic mass is 10.1. The molecule has 1 aliphatic rings. The Kier molecular flexibility index (Phi) is 6.11. The Balaban J connectivity index is 1.36. The lowest BCUT2D eigenvalue weighted by Gasteiger charge is -2.19. The number of carbonyl (C=O) groups excluding carboxylic acids is 2. The van der Waals surface area contributed by atoms with Gasteiger partial charge in [0.2, 0.25) is 5.91 Å². The van der Waals surface area contributed by atoms with Crippen LogP contribution in [0.3, 0.4) is 0 Å². The van der Waals surface area contributed by atoms with Gasteiger partial charge in [-0.25, -0.2) is 9.98 Å². The molecule has 4 aromatic rings. The molecule has 0 bridgehead atoms. The van der Waals surface area contributed by atoms with Gasteiger partial charge >= 0.3 is 0 Å². The largest absolute Gasteiger partial charge is 0.507 e. The first-order chi connectivity index (χ1) is 16.6. The number of para-hydroxylation sites is 2. The number of aromatic hydroxyl groups is 1. The summed E-state index contributed by atoms with van der Waals surface area (Å²) >= 11 is 2.83. The SMILES string of the molecule is O=C(CSc1nc2ccccc2s1)NN1C(=O)/C(=C\c2ccccc2O)N=C1c1ccccc1. The molecule has 1 aromatic heterocycles. The molecule has 1 aliphatic heterocycles. The maximum atomic E-state index is 13.2. The molecule has 3 aromatic carbocycles. The molecule has 2 N–H and O–H groups in total. The average molecular weight is 487 g/mol. The van der Waals surface area contributed by atoms with Crippen molar-refractivity contribution in [3.63, 3.8) is 0 Å². The summed E-state index contributed by atoms with van der Waals surface area (Å²) in [6, 6.07) is 23.6. The first-order valence-electron chi connectivity index (χ1n) is 10.3. The summed E-state index contributed by atoms with van der Waals surface area (Å²) in [7, 11) is 0. The summed E-state index contributed by atoms with van der Waals surface area (Å²) in [4.78, 5) is 34.9. The summed E-state index contributed by atoms with van der Waals surface area (Å²) in [6.45, 7) is 0. The van der Waals surface area contributed by atoms with Crippen molar-refractivity contribution in [3.8, 4) is 5.75 Å². The number of phenolic OH excluding ortho intramolecular Hbond substituents is 1. The number of thiazole rings is 1. The molecule has 0 saturated heterocycles. The Bertz CT molecular complexity index is 1410. The minimum absolute atomic E-state index is 0.0361. The highest BCUT2D eigenvalue weighted by molar-refractivity contribution is 8.01. The van der Waals surface area contributed by atoms with E-state index in [1.165, 1.54) is 35.2 Å². The highest BCUT2D eigenvalue weighted by Gasteiger charge is 2.33. The predicted octanol–water partition coefficient (Wildman–Crippen LogP) is 4.46. The van der Waals surface area contributed by atoms with E-state index >= 15 is 0 Å². The third kappa shape index (κ3) is 4.57. The minimum Gasteiger partial charge on any atom is -0.507 e. The highest BCUT2D eigenvalue weighted by atomic mass is 32.2. The molecule has 0 unspecified atom stereocenters. The minimum atomic E-state index is -0.486. The Labute approximate surface area is 203 Å². The molecule has 9 heteroatoms. The van der Waals surface area contributed by atoms with Crippen LogP contribution in [0.2, 0.25) is 0 Å².